The zero-order valence-electron chi connectivity index (χ0n) is 8.56. The van der Waals surface area contributed by atoms with Crippen LogP contribution >= 0.6 is 27.3 Å². The molecule has 0 aliphatic carbocycles. The summed E-state index contributed by atoms with van der Waals surface area (Å²) in [6.07, 6.45) is 1.10. The molecule has 2 atom stereocenters. The summed E-state index contributed by atoms with van der Waals surface area (Å²) in [6.45, 7) is 4.38. The van der Waals surface area contributed by atoms with Gasteiger partial charge in [0.15, 0.2) is 3.92 Å². The SMILES string of the molecule is CC1CC(CO)CN(c2nnc(Br)s2)C1. The van der Waals surface area contributed by atoms with Crippen molar-refractivity contribution < 1.29 is 5.11 Å². The van der Waals surface area contributed by atoms with E-state index in [0.29, 0.717) is 11.8 Å². The minimum atomic E-state index is 0.265. The Hall–Kier alpha value is -0.200. The smallest absolute Gasteiger partial charge is 0.209 e. The zero-order chi connectivity index (χ0) is 10.8. The predicted molar refractivity (Wildman–Crippen MR) is 64.2 cm³/mol. The van der Waals surface area contributed by atoms with Gasteiger partial charge >= 0.3 is 0 Å². The van der Waals surface area contributed by atoms with E-state index in [0.717, 1.165) is 28.6 Å². The van der Waals surface area contributed by atoms with Gasteiger partial charge in [-0.2, -0.15) is 0 Å². The summed E-state index contributed by atoms with van der Waals surface area (Å²) in [5, 5.41) is 18.2. The normalized spacial score (nSPS) is 27.0. The Kier molecular flexibility index (Phi) is 3.58. The minimum Gasteiger partial charge on any atom is -0.396 e. The highest BCUT2D eigenvalue weighted by Gasteiger charge is 2.26. The van der Waals surface area contributed by atoms with Crippen LogP contribution in [0.4, 0.5) is 5.13 Å². The Balaban J connectivity index is 2.08. The molecule has 84 valence electrons. The number of aliphatic hydroxyl groups is 1. The number of halogens is 1. The highest BCUT2D eigenvalue weighted by atomic mass is 79.9. The number of nitrogens with zero attached hydrogens (tertiary/aromatic N) is 3. The lowest BCUT2D eigenvalue weighted by Crippen LogP contribution is -2.40. The predicted octanol–water partition coefficient (Wildman–Crippen LogP) is 1.76. The molecule has 2 heterocycles. The van der Waals surface area contributed by atoms with Crippen LogP contribution in [0.5, 0.6) is 0 Å². The molecule has 0 bridgehead atoms. The molecule has 2 unspecified atom stereocenters. The monoisotopic (exact) mass is 291 g/mol. The Morgan fingerprint density at radius 1 is 1.53 bits per heavy atom. The first-order valence-corrected chi connectivity index (χ1v) is 6.64. The lowest BCUT2D eigenvalue weighted by Gasteiger charge is -2.35. The molecule has 0 spiro atoms. The van der Waals surface area contributed by atoms with Crippen molar-refractivity contribution in [2.24, 2.45) is 11.8 Å². The summed E-state index contributed by atoms with van der Waals surface area (Å²) in [6, 6.07) is 0. The molecule has 0 saturated carbocycles. The largest absolute Gasteiger partial charge is 0.396 e. The molecule has 1 aromatic rings. The van der Waals surface area contributed by atoms with E-state index in [4.69, 9.17) is 0 Å². The fourth-order valence-electron chi connectivity index (χ4n) is 2.10. The van der Waals surface area contributed by atoms with Crippen molar-refractivity contribution in [3.8, 4) is 0 Å². The summed E-state index contributed by atoms with van der Waals surface area (Å²) >= 11 is 4.86. The van der Waals surface area contributed by atoms with Crippen LogP contribution in [-0.4, -0.2) is 35.0 Å². The molecule has 15 heavy (non-hydrogen) atoms. The van der Waals surface area contributed by atoms with Crippen molar-refractivity contribution >= 4 is 32.4 Å². The first-order valence-electron chi connectivity index (χ1n) is 5.04. The van der Waals surface area contributed by atoms with Crippen LogP contribution in [0.15, 0.2) is 3.92 Å². The maximum absolute atomic E-state index is 9.21. The summed E-state index contributed by atoms with van der Waals surface area (Å²) in [4.78, 5) is 2.22. The van der Waals surface area contributed by atoms with Crippen LogP contribution in [0, 0.1) is 11.8 Å². The lowest BCUT2D eigenvalue weighted by atomic mass is 9.91. The molecule has 6 heteroatoms. The van der Waals surface area contributed by atoms with Gasteiger partial charge < -0.3 is 10.0 Å². The van der Waals surface area contributed by atoms with Crippen molar-refractivity contribution in [2.75, 3.05) is 24.6 Å². The van der Waals surface area contributed by atoms with Gasteiger partial charge in [0, 0.05) is 19.7 Å². The van der Waals surface area contributed by atoms with Gasteiger partial charge in [0.05, 0.1) is 0 Å². The molecule has 0 amide bonds. The van der Waals surface area contributed by atoms with Crippen molar-refractivity contribution in [3.63, 3.8) is 0 Å². The molecule has 1 N–H and O–H groups in total. The number of rotatable bonds is 2. The van der Waals surface area contributed by atoms with E-state index in [1.54, 1.807) is 11.3 Å². The maximum Gasteiger partial charge on any atom is 0.209 e. The molecule has 1 aliphatic rings. The third-order valence-corrected chi connectivity index (χ3v) is 4.08. The van der Waals surface area contributed by atoms with E-state index in [1.807, 2.05) is 0 Å². The molecule has 2 rings (SSSR count). The molecule has 0 radical (unpaired) electrons. The molecule has 1 saturated heterocycles. The molecule has 0 aromatic carbocycles. The topological polar surface area (TPSA) is 49.2 Å². The van der Waals surface area contributed by atoms with Crippen molar-refractivity contribution in [1.29, 1.82) is 0 Å². The second-order valence-corrected chi connectivity index (χ2v) is 6.36. The molecule has 4 nitrogen and oxygen atoms in total. The summed E-state index contributed by atoms with van der Waals surface area (Å²) in [7, 11) is 0. The lowest BCUT2D eigenvalue weighted by molar-refractivity contribution is 0.189. The van der Waals surface area contributed by atoms with E-state index in [9.17, 15) is 5.11 Å². The van der Waals surface area contributed by atoms with Gasteiger partial charge in [-0.3, -0.25) is 0 Å². The maximum atomic E-state index is 9.21. The Morgan fingerprint density at radius 3 is 2.93 bits per heavy atom. The zero-order valence-corrected chi connectivity index (χ0v) is 11.0. The van der Waals surface area contributed by atoms with Crippen LogP contribution in [0.2, 0.25) is 0 Å². The molecule has 1 fully saturated rings. The van der Waals surface area contributed by atoms with Gasteiger partial charge in [-0.1, -0.05) is 18.3 Å². The summed E-state index contributed by atoms with van der Waals surface area (Å²) < 4.78 is 0.816. The van der Waals surface area contributed by atoms with Gasteiger partial charge in [-0.25, -0.2) is 0 Å². The number of anilines is 1. The van der Waals surface area contributed by atoms with Gasteiger partial charge in [0.2, 0.25) is 5.13 Å². The number of aromatic nitrogens is 2. The van der Waals surface area contributed by atoms with Gasteiger partial charge in [0.1, 0.15) is 0 Å². The average molecular weight is 292 g/mol. The standard InChI is InChI=1S/C9H14BrN3OS/c1-6-2-7(5-14)4-13(3-6)9-12-11-8(10)15-9/h6-7,14H,2-5H2,1H3. The molecule has 1 aliphatic heterocycles. The first-order chi connectivity index (χ1) is 7.19. The number of hydrogen-bond acceptors (Lipinski definition) is 5. The molecule has 1 aromatic heterocycles. The molecular weight excluding hydrogens is 278 g/mol. The second kappa shape index (κ2) is 4.76. The Morgan fingerprint density at radius 2 is 2.33 bits per heavy atom. The van der Waals surface area contributed by atoms with Crippen LogP contribution < -0.4 is 4.90 Å². The van der Waals surface area contributed by atoms with Crippen LogP contribution in [0.1, 0.15) is 13.3 Å². The van der Waals surface area contributed by atoms with Crippen molar-refractivity contribution in [1.82, 2.24) is 10.2 Å². The first kappa shape index (κ1) is 11.3. The third-order valence-electron chi connectivity index (χ3n) is 2.66. The van der Waals surface area contributed by atoms with E-state index >= 15 is 0 Å². The van der Waals surface area contributed by atoms with E-state index in [-0.39, 0.29) is 6.61 Å². The quantitative estimate of drug-likeness (QED) is 0.902. The number of hydrogen-bond donors (Lipinski definition) is 1. The fourth-order valence-corrected chi connectivity index (χ4v) is 3.20. The van der Waals surface area contributed by atoms with E-state index in [2.05, 4.69) is 38.0 Å². The molecular formula is C9H14BrN3OS. The summed E-state index contributed by atoms with van der Waals surface area (Å²) in [5.74, 6) is 0.981. The van der Waals surface area contributed by atoms with Crippen LogP contribution in [0.25, 0.3) is 0 Å². The van der Waals surface area contributed by atoms with Gasteiger partial charge in [-0.15, -0.1) is 10.2 Å². The van der Waals surface area contributed by atoms with Gasteiger partial charge in [0.25, 0.3) is 0 Å². The van der Waals surface area contributed by atoms with Crippen LogP contribution in [0.3, 0.4) is 0 Å². The highest BCUT2D eigenvalue weighted by Crippen LogP contribution is 2.29. The number of piperidine rings is 1. The highest BCUT2D eigenvalue weighted by molar-refractivity contribution is 9.11. The van der Waals surface area contributed by atoms with Crippen molar-refractivity contribution in [2.45, 2.75) is 13.3 Å². The van der Waals surface area contributed by atoms with Crippen molar-refractivity contribution in [3.05, 3.63) is 3.92 Å². The van der Waals surface area contributed by atoms with Crippen LogP contribution in [-0.2, 0) is 0 Å². The Bertz CT molecular complexity index is 333. The summed E-state index contributed by atoms with van der Waals surface area (Å²) in [5.41, 5.74) is 0. The second-order valence-electron chi connectivity index (χ2n) is 4.13. The number of aliphatic hydroxyl groups excluding tert-OH is 1. The van der Waals surface area contributed by atoms with E-state index < -0.39 is 0 Å². The average Bonchev–Trinajstić information content (AvgIpc) is 2.64. The fraction of sp³-hybridized carbons (Fsp3) is 0.778. The Labute approximate surface area is 101 Å². The van der Waals surface area contributed by atoms with E-state index in [1.165, 1.54) is 0 Å². The minimum absolute atomic E-state index is 0.265. The van der Waals surface area contributed by atoms with Gasteiger partial charge in [-0.05, 0) is 34.2 Å². The third kappa shape index (κ3) is 2.68.